The fourth-order valence-corrected chi connectivity index (χ4v) is 3.10. The first-order valence-electron chi connectivity index (χ1n) is 6.54. The van der Waals surface area contributed by atoms with Gasteiger partial charge in [-0.25, -0.2) is 4.98 Å². The monoisotopic (exact) mass is 267 g/mol. The average molecular weight is 267 g/mol. The minimum absolute atomic E-state index is 0.158. The number of rotatable bonds is 2. The molecule has 1 aromatic carbocycles. The van der Waals surface area contributed by atoms with E-state index in [0.29, 0.717) is 0 Å². The quantitative estimate of drug-likeness (QED) is 0.683. The molecule has 0 saturated heterocycles. The van der Waals surface area contributed by atoms with Gasteiger partial charge in [0.2, 0.25) is 0 Å². The highest BCUT2D eigenvalue weighted by atomic mass is 32.1. The van der Waals surface area contributed by atoms with E-state index in [1.54, 1.807) is 11.3 Å². The molecule has 0 atom stereocenters. The number of hydrogen-bond acceptors (Lipinski definition) is 2. The van der Waals surface area contributed by atoms with Crippen molar-refractivity contribution in [1.29, 1.82) is 0 Å². The molecule has 0 bridgehead atoms. The molecule has 1 aliphatic carbocycles. The van der Waals surface area contributed by atoms with Crippen molar-refractivity contribution in [3.05, 3.63) is 59.6 Å². The van der Waals surface area contributed by atoms with Gasteiger partial charge >= 0.3 is 0 Å². The number of aromatic nitrogens is 1. The van der Waals surface area contributed by atoms with Crippen LogP contribution in [0.5, 0.6) is 0 Å². The Morgan fingerprint density at radius 3 is 2.79 bits per heavy atom. The van der Waals surface area contributed by atoms with Gasteiger partial charge in [-0.15, -0.1) is 11.3 Å². The van der Waals surface area contributed by atoms with Crippen molar-refractivity contribution >= 4 is 16.9 Å². The molecular formula is C17H17NS. The normalized spacial score (nSPS) is 17.3. The molecule has 0 saturated carbocycles. The summed E-state index contributed by atoms with van der Waals surface area (Å²) in [5.41, 5.74) is 4.09. The minimum atomic E-state index is 0.158. The SMILES string of the molecule is CC1(C)C=CCC(c2cccc(-c3nccs3)c2)=C1. The van der Waals surface area contributed by atoms with Crippen LogP contribution in [-0.2, 0) is 0 Å². The zero-order valence-electron chi connectivity index (χ0n) is 11.3. The highest BCUT2D eigenvalue weighted by molar-refractivity contribution is 7.13. The lowest BCUT2D eigenvalue weighted by Gasteiger charge is -2.22. The van der Waals surface area contributed by atoms with Crippen LogP contribution < -0.4 is 0 Å². The number of nitrogens with zero attached hydrogens (tertiary/aromatic N) is 1. The summed E-state index contributed by atoms with van der Waals surface area (Å²) < 4.78 is 0. The third kappa shape index (κ3) is 2.69. The van der Waals surface area contributed by atoms with Gasteiger partial charge in [-0.2, -0.15) is 0 Å². The maximum absolute atomic E-state index is 4.39. The van der Waals surface area contributed by atoms with Gasteiger partial charge in [0, 0.05) is 22.6 Å². The van der Waals surface area contributed by atoms with Gasteiger partial charge in [-0.05, 0) is 23.6 Å². The van der Waals surface area contributed by atoms with Crippen LogP contribution in [-0.4, -0.2) is 4.98 Å². The first kappa shape index (κ1) is 12.4. The summed E-state index contributed by atoms with van der Waals surface area (Å²) in [6.07, 6.45) is 9.80. The topological polar surface area (TPSA) is 12.9 Å². The number of benzene rings is 1. The molecule has 0 N–H and O–H groups in total. The molecule has 0 spiro atoms. The summed E-state index contributed by atoms with van der Waals surface area (Å²) >= 11 is 1.69. The van der Waals surface area contributed by atoms with Crippen LogP contribution in [0.25, 0.3) is 16.1 Å². The molecule has 0 radical (unpaired) electrons. The van der Waals surface area contributed by atoms with Gasteiger partial charge in [0.15, 0.2) is 0 Å². The van der Waals surface area contributed by atoms with Crippen LogP contribution in [0.2, 0.25) is 0 Å². The third-order valence-electron chi connectivity index (χ3n) is 3.34. The average Bonchev–Trinajstić information content (AvgIpc) is 2.92. The van der Waals surface area contributed by atoms with E-state index in [4.69, 9.17) is 0 Å². The van der Waals surface area contributed by atoms with Crippen molar-refractivity contribution in [3.8, 4) is 10.6 Å². The van der Waals surface area contributed by atoms with Crippen molar-refractivity contribution in [2.45, 2.75) is 20.3 Å². The molecule has 0 aliphatic heterocycles. The van der Waals surface area contributed by atoms with Crippen LogP contribution in [0.3, 0.4) is 0 Å². The molecule has 1 aliphatic rings. The third-order valence-corrected chi connectivity index (χ3v) is 4.17. The molecule has 2 aromatic rings. The second kappa shape index (κ2) is 4.78. The number of allylic oxidation sites excluding steroid dienone is 4. The fraction of sp³-hybridized carbons (Fsp3) is 0.235. The zero-order valence-corrected chi connectivity index (χ0v) is 12.1. The lowest BCUT2D eigenvalue weighted by molar-refractivity contribution is 0.618. The smallest absolute Gasteiger partial charge is 0.123 e. The van der Waals surface area contributed by atoms with E-state index in [1.165, 1.54) is 16.7 Å². The van der Waals surface area contributed by atoms with Crippen molar-refractivity contribution < 1.29 is 0 Å². The van der Waals surface area contributed by atoms with Gasteiger partial charge in [0.25, 0.3) is 0 Å². The molecule has 19 heavy (non-hydrogen) atoms. The van der Waals surface area contributed by atoms with Gasteiger partial charge in [-0.1, -0.05) is 50.3 Å². The van der Waals surface area contributed by atoms with E-state index >= 15 is 0 Å². The summed E-state index contributed by atoms with van der Waals surface area (Å²) in [6.45, 7) is 4.49. The Morgan fingerprint density at radius 2 is 2.05 bits per heavy atom. The Balaban J connectivity index is 1.99. The van der Waals surface area contributed by atoms with Crippen LogP contribution in [0.15, 0.2) is 54.1 Å². The Bertz CT molecular complexity index is 633. The van der Waals surface area contributed by atoms with Crippen LogP contribution >= 0.6 is 11.3 Å². The molecule has 2 heteroatoms. The maximum atomic E-state index is 4.39. The summed E-state index contributed by atoms with van der Waals surface area (Å²) in [7, 11) is 0. The second-order valence-corrected chi connectivity index (χ2v) is 6.41. The maximum Gasteiger partial charge on any atom is 0.123 e. The fourth-order valence-electron chi connectivity index (χ4n) is 2.46. The summed E-state index contributed by atoms with van der Waals surface area (Å²) in [6, 6.07) is 8.70. The van der Waals surface area contributed by atoms with Crippen LogP contribution in [0, 0.1) is 5.41 Å². The standard InChI is InChI=1S/C17H17NS/c1-17(2)8-4-7-15(12-17)13-5-3-6-14(11-13)16-18-9-10-19-16/h3-6,8-12H,7H2,1-2H3. The van der Waals surface area contributed by atoms with Gasteiger partial charge in [-0.3, -0.25) is 0 Å². The van der Waals surface area contributed by atoms with Crippen LogP contribution in [0.4, 0.5) is 0 Å². The summed E-state index contributed by atoms with van der Waals surface area (Å²) in [5, 5.41) is 3.11. The van der Waals surface area contributed by atoms with Crippen molar-refractivity contribution in [3.63, 3.8) is 0 Å². The molecular weight excluding hydrogens is 250 g/mol. The first-order valence-corrected chi connectivity index (χ1v) is 7.42. The van der Waals surface area contributed by atoms with Crippen molar-refractivity contribution in [2.24, 2.45) is 5.41 Å². The first-order chi connectivity index (χ1) is 9.14. The van der Waals surface area contributed by atoms with Gasteiger partial charge in [0.1, 0.15) is 5.01 Å². The number of hydrogen-bond donors (Lipinski definition) is 0. The molecule has 0 unspecified atom stereocenters. The summed E-state index contributed by atoms with van der Waals surface area (Å²) in [5.74, 6) is 0. The Morgan fingerprint density at radius 1 is 1.21 bits per heavy atom. The highest BCUT2D eigenvalue weighted by Gasteiger charge is 2.16. The molecule has 1 nitrogen and oxygen atoms in total. The predicted octanol–water partition coefficient (Wildman–Crippen LogP) is 5.18. The van der Waals surface area contributed by atoms with E-state index in [-0.39, 0.29) is 5.41 Å². The largest absolute Gasteiger partial charge is 0.245 e. The lowest BCUT2D eigenvalue weighted by Crippen LogP contribution is -2.07. The Hall–Kier alpha value is -1.67. The Kier molecular flexibility index (Phi) is 3.11. The molecule has 3 rings (SSSR count). The second-order valence-electron chi connectivity index (χ2n) is 5.52. The van der Waals surface area contributed by atoms with Crippen LogP contribution in [0.1, 0.15) is 25.8 Å². The molecule has 1 heterocycles. The van der Waals surface area contributed by atoms with Gasteiger partial charge in [0.05, 0.1) is 0 Å². The van der Waals surface area contributed by atoms with E-state index in [0.717, 1.165) is 11.4 Å². The van der Waals surface area contributed by atoms with E-state index in [2.05, 4.69) is 61.3 Å². The lowest BCUT2D eigenvalue weighted by atomic mass is 9.83. The van der Waals surface area contributed by atoms with Crippen molar-refractivity contribution in [1.82, 2.24) is 4.98 Å². The predicted molar refractivity (Wildman–Crippen MR) is 83.1 cm³/mol. The van der Waals surface area contributed by atoms with Gasteiger partial charge < -0.3 is 0 Å². The zero-order chi connectivity index (χ0) is 13.3. The molecule has 1 aromatic heterocycles. The van der Waals surface area contributed by atoms with Crippen molar-refractivity contribution in [2.75, 3.05) is 0 Å². The molecule has 0 amide bonds. The summed E-state index contributed by atoms with van der Waals surface area (Å²) in [4.78, 5) is 4.39. The minimum Gasteiger partial charge on any atom is -0.245 e. The number of thiazole rings is 1. The Labute approximate surface area is 118 Å². The molecule has 0 fully saturated rings. The van der Waals surface area contributed by atoms with E-state index in [1.807, 2.05) is 11.6 Å². The van der Waals surface area contributed by atoms with E-state index in [9.17, 15) is 0 Å². The highest BCUT2D eigenvalue weighted by Crippen LogP contribution is 2.34. The van der Waals surface area contributed by atoms with E-state index < -0.39 is 0 Å². The molecule has 96 valence electrons.